The van der Waals surface area contributed by atoms with Crippen LogP contribution in [0.5, 0.6) is 0 Å². The molecule has 100 valence electrons. The normalized spacial score (nSPS) is 14.3. The topological polar surface area (TPSA) is 27.0 Å². The average molecular weight is 283 g/mol. The van der Waals surface area contributed by atoms with Gasteiger partial charge in [-0.15, -0.1) is 0 Å². The zero-order valence-corrected chi connectivity index (χ0v) is 11.9. The molecule has 0 atom stereocenters. The molecule has 0 aliphatic carbocycles. The van der Waals surface area contributed by atoms with E-state index in [0.717, 1.165) is 25.1 Å². The van der Waals surface area contributed by atoms with Crippen molar-refractivity contribution in [3.63, 3.8) is 0 Å². The van der Waals surface area contributed by atoms with Crippen LogP contribution >= 0.6 is 11.6 Å². The summed E-state index contributed by atoms with van der Waals surface area (Å²) in [6.45, 7) is 0.985. The molecule has 2 aromatic carbocycles. The molecule has 0 N–H and O–H groups in total. The van der Waals surface area contributed by atoms with E-state index in [1.165, 1.54) is 17.7 Å². The summed E-state index contributed by atoms with van der Waals surface area (Å²) in [7, 11) is 0. The van der Waals surface area contributed by atoms with Crippen molar-refractivity contribution in [1.29, 1.82) is 5.26 Å². The Hall–Kier alpha value is -1.98. The van der Waals surface area contributed by atoms with Gasteiger partial charge < -0.3 is 4.90 Å². The van der Waals surface area contributed by atoms with Gasteiger partial charge in [-0.3, -0.25) is 0 Å². The summed E-state index contributed by atoms with van der Waals surface area (Å²) in [4.78, 5) is 2.30. The number of fused-ring (bicyclic) bond motifs is 1. The summed E-state index contributed by atoms with van der Waals surface area (Å²) in [5.41, 5.74) is 4.22. The second kappa shape index (κ2) is 5.56. The fraction of sp³-hybridized carbons (Fsp3) is 0.235. The highest BCUT2D eigenvalue weighted by atomic mass is 35.5. The van der Waals surface area contributed by atoms with Crippen LogP contribution in [0.25, 0.3) is 0 Å². The zero-order chi connectivity index (χ0) is 13.9. The second-order valence-corrected chi connectivity index (χ2v) is 5.42. The SMILES string of the molecule is N#Cc1ccc(N2CCCCc3ccccc32)cc1Cl. The predicted octanol–water partition coefficient (Wildman–Crippen LogP) is 4.69. The minimum absolute atomic E-state index is 0.520. The van der Waals surface area contributed by atoms with E-state index in [2.05, 4.69) is 35.2 Å². The summed E-state index contributed by atoms with van der Waals surface area (Å²) < 4.78 is 0. The van der Waals surface area contributed by atoms with Crippen LogP contribution in [-0.4, -0.2) is 6.54 Å². The number of rotatable bonds is 1. The smallest absolute Gasteiger partial charge is 0.101 e. The number of nitrogens with zero attached hydrogens (tertiary/aromatic N) is 2. The Balaban J connectivity index is 2.06. The molecule has 1 heterocycles. The molecule has 0 aromatic heterocycles. The predicted molar refractivity (Wildman–Crippen MR) is 82.6 cm³/mol. The Kier molecular flexibility index (Phi) is 3.62. The van der Waals surface area contributed by atoms with E-state index in [4.69, 9.17) is 16.9 Å². The fourth-order valence-electron chi connectivity index (χ4n) is 2.72. The molecule has 0 saturated carbocycles. The van der Waals surface area contributed by atoms with Gasteiger partial charge in [0.25, 0.3) is 0 Å². The standard InChI is InChI=1S/C17H15ClN2/c18-16-11-15(9-8-14(16)12-19)20-10-4-3-6-13-5-1-2-7-17(13)20/h1-2,5,7-9,11H,3-4,6,10H2. The van der Waals surface area contributed by atoms with Gasteiger partial charge in [0, 0.05) is 17.9 Å². The highest BCUT2D eigenvalue weighted by Crippen LogP contribution is 2.34. The van der Waals surface area contributed by atoms with Gasteiger partial charge in [-0.2, -0.15) is 5.26 Å². The van der Waals surface area contributed by atoms with Gasteiger partial charge in [-0.05, 0) is 49.1 Å². The van der Waals surface area contributed by atoms with E-state index in [1.54, 1.807) is 6.07 Å². The lowest BCUT2D eigenvalue weighted by atomic mass is 10.1. The number of hydrogen-bond acceptors (Lipinski definition) is 2. The van der Waals surface area contributed by atoms with Crippen LogP contribution in [0.4, 0.5) is 11.4 Å². The molecular formula is C17H15ClN2. The Labute approximate surface area is 124 Å². The van der Waals surface area contributed by atoms with Crippen LogP contribution < -0.4 is 4.90 Å². The largest absolute Gasteiger partial charge is 0.341 e. The number of benzene rings is 2. The first kappa shape index (κ1) is 13.0. The van der Waals surface area contributed by atoms with Crippen LogP contribution in [0.3, 0.4) is 0 Å². The second-order valence-electron chi connectivity index (χ2n) is 5.01. The monoisotopic (exact) mass is 282 g/mol. The summed E-state index contributed by atoms with van der Waals surface area (Å²) in [6.07, 6.45) is 3.49. The number of nitriles is 1. The quantitative estimate of drug-likeness (QED) is 0.759. The Morgan fingerprint density at radius 3 is 2.75 bits per heavy atom. The van der Waals surface area contributed by atoms with Gasteiger partial charge in [0.05, 0.1) is 10.6 Å². The molecule has 0 bridgehead atoms. The van der Waals surface area contributed by atoms with E-state index in [0.29, 0.717) is 10.6 Å². The van der Waals surface area contributed by atoms with Gasteiger partial charge in [0.15, 0.2) is 0 Å². The molecule has 0 radical (unpaired) electrons. The van der Waals surface area contributed by atoms with Crippen molar-refractivity contribution in [2.75, 3.05) is 11.4 Å². The molecule has 1 aliphatic heterocycles. The van der Waals surface area contributed by atoms with E-state index in [9.17, 15) is 0 Å². The van der Waals surface area contributed by atoms with Crippen LogP contribution in [0, 0.1) is 11.3 Å². The van der Waals surface area contributed by atoms with Crippen LogP contribution in [0.1, 0.15) is 24.0 Å². The number of aryl methyl sites for hydroxylation is 1. The first-order chi connectivity index (χ1) is 9.79. The fourth-order valence-corrected chi connectivity index (χ4v) is 2.94. The molecule has 0 fully saturated rings. The summed E-state index contributed by atoms with van der Waals surface area (Å²) in [5, 5.41) is 9.49. The lowest BCUT2D eigenvalue weighted by Gasteiger charge is -2.25. The Bertz CT molecular complexity index is 673. The minimum Gasteiger partial charge on any atom is -0.341 e. The van der Waals surface area contributed by atoms with Crippen molar-refractivity contribution in [2.24, 2.45) is 0 Å². The molecule has 20 heavy (non-hydrogen) atoms. The highest BCUT2D eigenvalue weighted by molar-refractivity contribution is 6.32. The van der Waals surface area contributed by atoms with Gasteiger partial charge in [-0.1, -0.05) is 29.8 Å². The van der Waals surface area contributed by atoms with E-state index >= 15 is 0 Å². The van der Waals surface area contributed by atoms with Gasteiger partial charge in [-0.25, -0.2) is 0 Å². The Morgan fingerprint density at radius 1 is 1.10 bits per heavy atom. The molecule has 0 saturated heterocycles. The van der Waals surface area contributed by atoms with Crippen molar-refractivity contribution in [1.82, 2.24) is 0 Å². The molecule has 1 aliphatic rings. The summed E-state index contributed by atoms with van der Waals surface area (Å²) >= 11 is 6.17. The van der Waals surface area contributed by atoms with E-state index in [-0.39, 0.29) is 0 Å². The third-order valence-electron chi connectivity index (χ3n) is 3.75. The third kappa shape index (κ3) is 2.37. The first-order valence-electron chi connectivity index (χ1n) is 6.84. The van der Waals surface area contributed by atoms with Crippen LogP contribution in [-0.2, 0) is 6.42 Å². The zero-order valence-electron chi connectivity index (χ0n) is 11.1. The number of halogens is 1. The van der Waals surface area contributed by atoms with Gasteiger partial charge in [0.1, 0.15) is 6.07 Å². The van der Waals surface area contributed by atoms with Crippen molar-refractivity contribution in [2.45, 2.75) is 19.3 Å². The maximum atomic E-state index is 8.97. The van der Waals surface area contributed by atoms with Crippen LogP contribution in [0.2, 0.25) is 5.02 Å². The Morgan fingerprint density at radius 2 is 1.95 bits per heavy atom. The van der Waals surface area contributed by atoms with E-state index in [1.807, 2.05) is 12.1 Å². The highest BCUT2D eigenvalue weighted by Gasteiger charge is 2.17. The lowest BCUT2D eigenvalue weighted by Crippen LogP contribution is -2.17. The van der Waals surface area contributed by atoms with Crippen molar-refractivity contribution >= 4 is 23.0 Å². The number of para-hydroxylation sites is 1. The molecular weight excluding hydrogens is 268 g/mol. The maximum Gasteiger partial charge on any atom is 0.101 e. The lowest BCUT2D eigenvalue weighted by molar-refractivity contribution is 0.761. The minimum atomic E-state index is 0.520. The number of hydrogen-bond donors (Lipinski definition) is 0. The molecule has 0 unspecified atom stereocenters. The third-order valence-corrected chi connectivity index (χ3v) is 4.06. The molecule has 0 amide bonds. The molecule has 3 heteroatoms. The summed E-state index contributed by atoms with van der Waals surface area (Å²) in [5.74, 6) is 0. The van der Waals surface area contributed by atoms with Crippen molar-refractivity contribution in [3.8, 4) is 6.07 Å². The van der Waals surface area contributed by atoms with E-state index < -0.39 is 0 Å². The van der Waals surface area contributed by atoms with Crippen molar-refractivity contribution < 1.29 is 0 Å². The van der Waals surface area contributed by atoms with Gasteiger partial charge in [0.2, 0.25) is 0 Å². The molecule has 3 rings (SSSR count). The molecule has 0 spiro atoms. The number of anilines is 2. The average Bonchev–Trinajstić information content (AvgIpc) is 2.69. The van der Waals surface area contributed by atoms with Crippen molar-refractivity contribution in [3.05, 3.63) is 58.6 Å². The van der Waals surface area contributed by atoms with Crippen LogP contribution in [0.15, 0.2) is 42.5 Å². The molecule has 2 nitrogen and oxygen atoms in total. The van der Waals surface area contributed by atoms with Gasteiger partial charge >= 0.3 is 0 Å². The molecule has 2 aromatic rings. The summed E-state index contributed by atoms with van der Waals surface area (Å²) in [6, 6.07) is 16.3. The first-order valence-corrected chi connectivity index (χ1v) is 7.22. The maximum absolute atomic E-state index is 8.97.